The molecule has 6 nitrogen and oxygen atoms in total. The number of halogens is 3. The van der Waals surface area contributed by atoms with Gasteiger partial charge in [0.15, 0.2) is 0 Å². The van der Waals surface area contributed by atoms with Gasteiger partial charge in [0.25, 0.3) is 11.6 Å². The topological polar surface area (TPSA) is 72.2 Å². The second kappa shape index (κ2) is 9.34. The molecule has 1 atom stereocenters. The van der Waals surface area contributed by atoms with Crippen molar-refractivity contribution in [2.75, 3.05) is 6.54 Å². The van der Waals surface area contributed by atoms with Crippen molar-refractivity contribution in [1.29, 1.82) is 0 Å². The van der Waals surface area contributed by atoms with Gasteiger partial charge < -0.3 is 5.32 Å². The Morgan fingerprint density at radius 3 is 2.54 bits per heavy atom. The van der Waals surface area contributed by atoms with E-state index in [0.717, 1.165) is 35.8 Å². The summed E-state index contributed by atoms with van der Waals surface area (Å²) < 4.78 is 39.6. The quantitative estimate of drug-likeness (QED) is 0.691. The highest BCUT2D eigenvalue weighted by Gasteiger charge is 2.36. The van der Waals surface area contributed by atoms with Crippen molar-refractivity contribution in [2.24, 2.45) is 5.92 Å². The first-order valence-corrected chi connectivity index (χ1v) is 9.74. The van der Waals surface area contributed by atoms with Crippen LogP contribution in [0.4, 0.5) is 13.2 Å². The van der Waals surface area contributed by atoms with Crippen molar-refractivity contribution in [2.45, 2.75) is 72.4 Å². The molecule has 2 rings (SSSR count). The molecule has 0 aliphatic carbocycles. The summed E-state index contributed by atoms with van der Waals surface area (Å²) in [6.45, 7) is 8.30. The summed E-state index contributed by atoms with van der Waals surface area (Å²) in [4.78, 5) is 19.8. The van der Waals surface area contributed by atoms with Gasteiger partial charge >= 0.3 is 6.18 Å². The number of rotatable bonds is 9. The molecule has 0 aliphatic heterocycles. The van der Waals surface area contributed by atoms with Gasteiger partial charge in [0.05, 0.1) is 0 Å². The molecule has 0 fully saturated rings. The van der Waals surface area contributed by atoms with Crippen LogP contribution in [-0.2, 0) is 17.4 Å². The molecule has 1 amide bonds. The maximum absolute atomic E-state index is 12.9. The lowest BCUT2D eigenvalue weighted by Gasteiger charge is -2.15. The predicted octanol–water partition coefficient (Wildman–Crippen LogP) is 4.03. The number of unbranched alkanes of at least 4 members (excludes halogenated alkanes) is 1. The molecule has 2 aromatic rings. The van der Waals surface area contributed by atoms with E-state index in [1.807, 2.05) is 0 Å². The Morgan fingerprint density at radius 2 is 1.93 bits per heavy atom. The molecule has 2 heterocycles. The first-order valence-electron chi connectivity index (χ1n) is 9.74. The Hall–Kier alpha value is -2.19. The minimum atomic E-state index is -4.62. The van der Waals surface area contributed by atoms with Crippen LogP contribution in [0.2, 0.25) is 0 Å². The summed E-state index contributed by atoms with van der Waals surface area (Å²) >= 11 is 0. The third kappa shape index (κ3) is 5.42. The second-order valence-corrected chi connectivity index (χ2v) is 7.13. The van der Waals surface area contributed by atoms with E-state index < -0.39 is 12.0 Å². The molecular formula is C19H28F3N5O. The summed E-state index contributed by atoms with van der Waals surface area (Å²) in [5, 5.41) is 6.50. The zero-order valence-electron chi connectivity index (χ0n) is 16.9. The van der Waals surface area contributed by atoms with Crippen molar-refractivity contribution >= 4 is 11.7 Å². The zero-order chi connectivity index (χ0) is 20.9. The lowest BCUT2D eigenvalue weighted by Crippen LogP contribution is -2.29. The van der Waals surface area contributed by atoms with E-state index in [0.29, 0.717) is 30.3 Å². The van der Waals surface area contributed by atoms with Crippen LogP contribution in [0.25, 0.3) is 5.78 Å². The second-order valence-electron chi connectivity index (χ2n) is 7.13. The third-order valence-corrected chi connectivity index (χ3v) is 5.04. The van der Waals surface area contributed by atoms with E-state index in [1.165, 1.54) is 0 Å². The van der Waals surface area contributed by atoms with Gasteiger partial charge in [-0.05, 0) is 38.2 Å². The van der Waals surface area contributed by atoms with Crippen LogP contribution in [-0.4, -0.2) is 32.0 Å². The van der Waals surface area contributed by atoms with Crippen molar-refractivity contribution < 1.29 is 18.0 Å². The van der Waals surface area contributed by atoms with Gasteiger partial charge in [0.2, 0.25) is 5.91 Å². The third-order valence-electron chi connectivity index (χ3n) is 5.04. The molecule has 0 spiro atoms. The minimum absolute atomic E-state index is 0.0663. The number of aromatic nitrogens is 4. The number of hydrogen-bond donors (Lipinski definition) is 1. The summed E-state index contributed by atoms with van der Waals surface area (Å²) in [5.41, 5.74) is 1.81. The minimum Gasteiger partial charge on any atom is -0.356 e. The van der Waals surface area contributed by atoms with Crippen molar-refractivity contribution in [3.05, 3.63) is 22.8 Å². The average Bonchev–Trinajstić information content (AvgIpc) is 3.06. The van der Waals surface area contributed by atoms with Crippen LogP contribution >= 0.6 is 0 Å². The number of nitrogens with one attached hydrogen (secondary N) is 1. The Morgan fingerprint density at radius 1 is 1.21 bits per heavy atom. The van der Waals surface area contributed by atoms with Crippen LogP contribution in [0.15, 0.2) is 0 Å². The Bertz CT molecular complexity index is 816. The van der Waals surface area contributed by atoms with E-state index >= 15 is 0 Å². The highest BCUT2D eigenvalue weighted by Crippen LogP contribution is 2.27. The van der Waals surface area contributed by atoms with Crippen LogP contribution in [0, 0.1) is 19.8 Å². The van der Waals surface area contributed by atoms with Gasteiger partial charge in [0, 0.05) is 24.4 Å². The lowest BCUT2D eigenvalue weighted by atomic mass is 9.99. The fourth-order valence-electron chi connectivity index (χ4n) is 3.22. The molecule has 28 heavy (non-hydrogen) atoms. The Labute approximate surface area is 162 Å². The number of hydrogen-bond acceptors (Lipinski definition) is 4. The van der Waals surface area contributed by atoms with E-state index in [2.05, 4.69) is 34.2 Å². The van der Waals surface area contributed by atoms with Gasteiger partial charge in [-0.2, -0.15) is 18.2 Å². The van der Waals surface area contributed by atoms with E-state index in [9.17, 15) is 18.0 Å². The number of carbonyl (C=O) groups is 1. The molecule has 0 aliphatic rings. The fourth-order valence-corrected chi connectivity index (χ4v) is 3.22. The molecule has 156 valence electrons. The maximum Gasteiger partial charge on any atom is 0.453 e. The molecule has 9 heteroatoms. The van der Waals surface area contributed by atoms with Gasteiger partial charge in [-0.1, -0.05) is 33.1 Å². The molecule has 0 aromatic carbocycles. The average molecular weight is 399 g/mol. The predicted molar refractivity (Wildman–Crippen MR) is 99.9 cm³/mol. The summed E-state index contributed by atoms with van der Waals surface area (Å²) in [5.74, 6) is -0.892. The molecule has 0 saturated carbocycles. The smallest absolute Gasteiger partial charge is 0.356 e. The molecule has 2 aromatic heterocycles. The van der Waals surface area contributed by atoms with Crippen LogP contribution in [0.3, 0.4) is 0 Å². The zero-order valence-corrected chi connectivity index (χ0v) is 16.9. The molecule has 0 bridgehead atoms. The number of nitrogens with zero attached hydrogens (tertiary/aromatic N) is 4. The van der Waals surface area contributed by atoms with Gasteiger partial charge in [-0.3, -0.25) is 4.79 Å². The Balaban J connectivity index is 2.04. The summed E-state index contributed by atoms with van der Waals surface area (Å²) in [6, 6.07) is 0. The monoisotopic (exact) mass is 399 g/mol. The van der Waals surface area contributed by atoms with Gasteiger partial charge in [-0.25, -0.2) is 9.50 Å². The number of amides is 1. The van der Waals surface area contributed by atoms with Crippen LogP contribution < -0.4 is 5.32 Å². The number of carbonyl (C=O) groups excluding carboxylic acids is 1. The lowest BCUT2D eigenvalue weighted by molar-refractivity contribution is -0.144. The molecule has 0 radical (unpaired) electrons. The van der Waals surface area contributed by atoms with E-state index in [-0.39, 0.29) is 18.1 Å². The molecular weight excluding hydrogens is 371 g/mol. The normalized spacial score (nSPS) is 13.1. The highest BCUT2D eigenvalue weighted by molar-refractivity contribution is 5.76. The number of fused-ring (bicyclic) bond motifs is 1. The fraction of sp³-hybridized carbons (Fsp3) is 0.684. The number of aryl methyl sites for hydroxylation is 2. The van der Waals surface area contributed by atoms with Crippen LogP contribution in [0.1, 0.15) is 68.7 Å². The van der Waals surface area contributed by atoms with Gasteiger partial charge in [-0.15, -0.1) is 5.10 Å². The largest absolute Gasteiger partial charge is 0.453 e. The SMILES string of the molecule is CCCCC(CC)CNC(=O)CCc1c(C)nc2nc(C(F)(F)F)nn2c1C. The molecule has 0 saturated heterocycles. The molecule has 1 unspecified atom stereocenters. The van der Waals surface area contributed by atoms with Gasteiger partial charge in [0.1, 0.15) is 0 Å². The van der Waals surface area contributed by atoms with Crippen LogP contribution in [0.5, 0.6) is 0 Å². The number of alkyl halides is 3. The van der Waals surface area contributed by atoms with Crippen molar-refractivity contribution in [1.82, 2.24) is 24.9 Å². The standard InChI is InChI=1S/C19H28F3N5O/c1-5-7-8-14(6-2)11-23-16(28)10-9-15-12(3)24-18-25-17(19(20,21)22)26-27(18)13(15)4/h14H,5-11H2,1-4H3,(H,23,28). The summed E-state index contributed by atoms with van der Waals surface area (Å²) in [7, 11) is 0. The first-order chi connectivity index (χ1) is 13.2. The highest BCUT2D eigenvalue weighted by atomic mass is 19.4. The summed E-state index contributed by atoms with van der Waals surface area (Å²) in [6.07, 6.45) is 0.418. The van der Waals surface area contributed by atoms with Crippen molar-refractivity contribution in [3.8, 4) is 0 Å². The first kappa shape index (κ1) is 22.1. The van der Waals surface area contributed by atoms with E-state index in [1.54, 1.807) is 13.8 Å². The van der Waals surface area contributed by atoms with Crippen molar-refractivity contribution in [3.63, 3.8) is 0 Å². The molecule has 1 N–H and O–H groups in total. The Kier molecular flexibility index (Phi) is 7.37. The maximum atomic E-state index is 12.9. The van der Waals surface area contributed by atoms with E-state index in [4.69, 9.17) is 0 Å².